The zero-order valence-electron chi connectivity index (χ0n) is 31.0. The molecule has 270 valence electrons. The maximum atomic E-state index is 11.6. The first-order valence-electron chi connectivity index (χ1n) is 17.1. The number of nitrogens with zero attached hydrogens (tertiary/aromatic N) is 8. The molecule has 0 aliphatic rings. The highest BCUT2D eigenvalue weighted by Gasteiger charge is 2.17. The number of hydrogen-bond acceptors (Lipinski definition) is 10. The summed E-state index contributed by atoms with van der Waals surface area (Å²) in [5.41, 5.74) is 11.5. The zero-order chi connectivity index (χ0) is 37.4. The Balaban J connectivity index is 0.000000164. The molecule has 0 fully saturated rings. The van der Waals surface area contributed by atoms with Crippen molar-refractivity contribution in [2.75, 3.05) is 12.5 Å². The molecule has 0 aliphatic carbocycles. The Morgan fingerprint density at radius 3 is 1.47 bits per heavy atom. The van der Waals surface area contributed by atoms with Crippen molar-refractivity contribution in [2.24, 2.45) is 0 Å². The molecule has 0 N–H and O–H groups in total. The van der Waals surface area contributed by atoms with Gasteiger partial charge in [0, 0.05) is 74.6 Å². The molecule has 0 amide bonds. The molecule has 6 aromatic heterocycles. The fraction of sp³-hybridized carbons (Fsp3) is 0.250. The molecule has 11 nitrogen and oxygen atoms in total. The summed E-state index contributed by atoms with van der Waals surface area (Å²) in [6.07, 6.45) is 7.44. The van der Waals surface area contributed by atoms with Crippen molar-refractivity contribution in [1.29, 1.82) is 0 Å². The van der Waals surface area contributed by atoms with E-state index in [0.29, 0.717) is 12.2 Å². The third-order valence-corrected chi connectivity index (χ3v) is 11.0. The van der Waals surface area contributed by atoms with Gasteiger partial charge in [-0.15, -0.1) is 11.8 Å². The Morgan fingerprint density at radius 1 is 0.660 bits per heavy atom. The Hall–Kier alpha value is -5.40. The van der Waals surface area contributed by atoms with Crippen LogP contribution < -0.4 is 0 Å². The smallest absolute Gasteiger partial charge is 0.177 e. The number of aromatic nitrogens is 8. The molecule has 2 aromatic carbocycles. The van der Waals surface area contributed by atoms with Gasteiger partial charge in [-0.05, 0) is 95.3 Å². The molecule has 1 unspecified atom stereocenters. The van der Waals surface area contributed by atoms with Crippen molar-refractivity contribution in [1.82, 2.24) is 39.4 Å². The number of pyridine rings is 2. The summed E-state index contributed by atoms with van der Waals surface area (Å²) < 4.78 is 26.5. The number of imidazole rings is 2. The van der Waals surface area contributed by atoms with Crippen LogP contribution in [0.4, 0.5) is 0 Å². The van der Waals surface area contributed by atoms with Crippen LogP contribution in [-0.4, -0.2) is 56.1 Å². The first-order valence-corrected chi connectivity index (χ1v) is 19.9. The molecular formula is C40H40N8O3S2. The monoisotopic (exact) mass is 744 g/mol. The SMILES string of the molecule is CSc1ccc(Cn2c(C)nc3ncc(-c4c(C)noc4C)cc32)cc1.Cc1noc(C)c1-c1cnc2nc(C)n(Cc3ccc(S(C)=O)cc3)c2c1. The largest absolute Gasteiger partial charge is 0.361 e. The molecule has 0 radical (unpaired) electrons. The van der Waals surface area contributed by atoms with Crippen molar-refractivity contribution < 1.29 is 13.3 Å². The van der Waals surface area contributed by atoms with E-state index in [1.807, 2.05) is 78.2 Å². The Kier molecular flexibility index (Phi) is 10.1. The maximum Gasteiger partial charge on any atom is 0.177 e. The number of aryl methyl sites for hydroxylation is 6. The van der Waals surface area contributed by atoms with Gasteiger partial charge in [-0.2, -0.15) is 0 Å². The summed E-state index contributed by atoms with van der Waals surface area (Å²) in [5, 5.41) is 8.10. The minimum Gasteiger partial charge on any atom is -0.361 e. The van der Waals surface area contributed by atoms with Crippen molar-refractivity contribution >= 4 is 44.9 Å². The molecule has 13 heteroatoms. The van der Waals surface area contributed by atoms with E-state index in [4.69, 9.17) is 9.05 Å². The molecule has 0 spiro atoms. The van der Waals surface area contributed by atoms with E-state index in [0.717, 1.165) is 90.5 Å². The van der Waals surface area contributed by atoms with Gasteiger partial charge in [-0.25, -0.2) is 19.9 Å². The van der Waals surface area contributed by atoms with E-state index < -0.39 is 10.8 Å². The van der Waals surface area contributed by atoms with Gasteiger partial charge < -0.3 is 18.2 Å². The first kappa shape index (κ1) is 36.0. The average Bonchev–Trinajstić information content (AvgIpc) is 3.87. The molecule has 1 atom stereocenters. The first-order chi connectivity index (χ1) is 25.5. The van der Waals surface area contributed by atoms with Crippen LogP contribution in [0.1, 0.15) is 45.7 Å². The van der Waals surface area contributed by atoms with E-state index in [9.17, 15) is 4.21 Å². The number of fused-ring (bicyclic) bond motifs is 2. The van der Waals surface area contributed by atoms with E-state index in [2.05, 4.69) is 82.0 Å². The number of rotatable bonds is 8. The van der Waals surface area contributed by atoms with Gasteiger partial charge in [0.2, 0.25) is 0 Å². The zero-order valence-corrected chi connectivity index (χ0v) is 32.6. The van der Waals surface area contributed by atoms with Crippen LogP contribution >= 0.6 is 11.8 Å². The maximum absolute atomic E-state index is 11.6. The third-order valence-electron chi connectivity index (χ3n) is 9.33. The van der Waals surface area contributed by atoms with Gasteiger partial charge in [0.15, 0.2) is 11.3 Å². The van der Waals surface area contributed by atoms with Crippen LogP contribution in [0.25, 0.3) is 44.6 Å². The number of hydrogen-bond donors (Lipinski definition) is 0. The second kappa shape index (κ2) is 14.9. The van der Waals surface area contributed by atoms with Gasteiger partial charge in [0.1, 0.15) is 23.2 Å². The lowest BCUT2D eigenvalue weighted by Gasteiger charge is -2.08. The summed E-state index contributed by atoms with van der Waals surface area (Å²) in [5.74, 6) is 3.44. The second-order valence-corrected chi connectivity index (χ2v) is 15.2. The Labute approximate surface area is 314 Å². The lowest BCUT2D eigenvalue weighted by atomic mass is 10.1. The van der Waals surface area contributed by atoms with E-state index in [1.165, 1.54) is 10.5 Å². The molecule has 0 bridgehead atoms. The molecule has 6 heterocycles. The molecule has 8 aromatic rings. The van der Waals surface area contributed by atoms with Crippen LogP contribution in [0, 0.1) is 41.5 Å². The van der Waals surface area contributed by atoms with Crippen LogP contribution in [0.3, 0.4) is 0 Å². The lowest BCUT2D eigenvalue weighted by Crippen LogP contribution is -2.02. The molecule has 0 aliphatic heterocycles. The summed E-state index contributed by atoms with van der Waals surface area (Å²) >= 11 is 1.75. The fourth-order valence-electron chi connectivity index (χ4n) is 6.58. The lowest BCUT2D eigenvalue weighted by molar-refractivity contribution is 0.393. The highest BCUT2D eigenvalue weighted by Crippen LogP contribution is 2.31. The van der Waals surface area contributed by atoms with Gasteiger partial charge in [0.05, 0.1) is 22.4 Å². The predicted molar refractivity (Wildman–Crippen MR) is 210 cm³/mol. The molecule has 0 saturated carbocycles. The van der Waals surface area contributed by atoms with Crippen LogP contribution in [0.2, 0.25) is 0 Å². The van der Waals surface area contributed by atoms with E-state index in [1.54, 1.807) is 18.0 Å². The highest BCUT2D eigenvalue weighted by atomic mass is 32.2. The molecule has 0 saturated heterocycles. The van der Waals surface area contributed by atoms with Crippen molar-refractivity contribution in [3.05, 3.63) is 119 Å². The minimum absolute atomic E-state index is 0.672. The van der Waals surface area contributed by atoms with Gasteiger partial charge in [0.25, 0.3) is 0 Å². The van der Waals surface area contributed by atoms with Crippen molar-refractivity contribution in [3.8, 4) is 22.3 Å². The number of benzene rings is 2. The van der Waals surface area contributed by atoms with Gasteiger partial charge in [-0.3, -0.25) is 4.21 Å². The normalized spacial score (nSPS) is 12.0. The van der Waals surface area contributed by atoms with Gasteiger partial charge >= 0.3 is 0 Å². The second-order valence-electron chi connectivity index (χ2n) is 13.0. The average molecular weight is 745 g/mol. The standard InChI is InChI=1S/C20H20N4O2S.C20H20N4OS/c1-12-19(13(2)26-23-12)16-9-18-20(21-10-16)22-14(3)24(18)11-15-5-7-17(8-6-15)27(4)25;1-12-19(13(2)25-23-12)16-9-18-20(21-10-16)22-14(3)24(18)11-15-5-7-17(26-4)8-6-15/h5-10H,11H2,1-4H3;5-10H,11H2,1-4H3. The quantitative estimate of drug-likeness (QED) is 0.140. The van der Waals surface area contributed by atoms with Gasteiger partial charge in [-0.1, -0.05) is 34.6 Å². The Morgan fingerprint density at radius 2 is 1.09 bits per heavy atom. The van der Waals surface area contributed by atoms with Crippen LogP contribution in [-0.2, 0) is 23.9 Å². The molecular weight excluding hydrogens is 705 g/mol. The number of thioether (sulfide) groups is 1. The van der Waals surface area contributed by atoms with E-state index >= 15 is 0 Å². The van der Waals surface area contributed by atoms with Crippen molar-refractivity contribution in [3.63, 3.8) is 0 Å². The van der Waals surface area contributed by atoms with Crippen LogP contribution in [0.5, 0.6) is 0 Å². The molecule has 53 heavy (non-hydrogen) atoms. The predicted octanol–water partition coefficient (Wildman–Crippen LogP) is 8.58. The van der Waals surface area contributed by atoms with Crippen molar-refractivity contribution in [2.45, 2.75) is 64.4 Å². The van der Waals surface area contributed by atoms with Crippen LogP contribution in [0.15, 0.2) is 91.9 Å². The summed E-state index contributed by atoms with van der Waals surface area (Å²) in [4.78, 5) is 20.4. The van der Waals surface area contributed by atoms with E-state index in [-0.39, 0.29) is 0 Å². The Bertz CT molecular complexity index is 2560. The summed E-state index contributed by atoms with van der Waals surface area (Å²) in [6.45, 7) is 13.1. The highest BCUT2D eigenvalue weighted by molar-refractivity contribution is 7.98. The fourth-order valence-corrected chi connectivity index (χ4v) is 7.51. The summed E-state index contributed by atoms with van der Waals surface area (Å²) in [6, 6.07) is 20.7. The molecule has 8 rings (SSSR count). The minimum atomic E-state index is -0.971. The third kappa shape index (κ3) is 7.31. The summed E-state index contributed by atoms with van der Waals surface area (Å²) in [7, 11) is -0.971. The topological polar surface area (TPSA) is 131 Å².